The number of hydrogen-bond donors (Lipinski definition) is 1. The molecule has 0 aliphatic heterocycles. The molecule has 1 N–H and O–H groups in total. The van der Waals surface area contributed by atoms with Gasteiger partial charge in [0.1, 0.15) is 5.82 Å². The van der Waals surface area contributed by atoms with Gasteiger partial charge < -0.3 is 5.32 Å². The van der Waals surface area contributed by atoms with E-state index in [1.165, 1.54) is 12.1 Å². The van der Waals surface area contributed by atoms with E-state index in [9.17, 15) is 14.5 Å². The van der Waals surface area contributed by atoms with E-state index >= 15 is 0 Å². The van der Waals surface area contributed by atoms with Gasteiger partial charge in [0, 0.05) is 22.6 Å². The Balaban J connectivity index is 2.17. The predicted molar refractivity (Wildman–Crippen MR) is 74.5 cm³/mol. The van der Waals surface area contributed by atoms with E-state index in [1.54, 1.807) is 30.3 Å². The minimum Gasteiger partial charge on any atom is -0.378 e. The zero-order valence-corrected chi connectivity index (χ0v) is 11.4. The molecule has 2 aromatic carbocycles. The van der Waals surface area contributed by atoms with E-state index in [1.807, 2.05) is 0 Å². The fourth-order valence-electron chi connectivity index (χ4n) is 1.66. The van der Waals surface area contributed by atoms with Crippen molar-refractivity contribution in [2.75, 3.05) is 5.32 Å². The maximum Gasteiger partial charge on any atom is 0.274 e. The summed E-state index contributed by atoms with van der Waals surface area (Å²) in [6, 6.07) is 11.0. The normalized spacial score (nSPS) is 10.2. The van der Waals surface area contributed by atoms with Gasteiger partial charge in [0.15, 0.2) is 0 Å². The van der Waals surface area contributed by atoms with Gasteiger partial charge in [0.2, 0.25) is 0 Å². The van der Waals surface area contributed by atoms with E-state index in [0.717, 1.165) is 0 Å². The molecule has 2 aromatic rings. The summed E-state index contributed by atoms with van der Waals surface area (Å²) in [4.78, 5) is 10.4. The third-order valence-electron chi connectivity index (χ3n) is 2.59. The molecule has 0 unspecified atom stereocenters. The summed E-state index contributed by atoms with van der Waals surface area (Å²) in [5.74, 6) is -0.409. The molecule has 0 radical (unpaired) electrons. The average molecular weight is 325 g/mol. The monoisotopic (exact) mass is 324 g/mol. The Kier molecular flexibility index (Phi) is 4.11. The van der Waals surface area contributed by atoms with Crippen LogP contribution in [0.5, 0.6) is 0 Å². The number of benzene rings is 2. The second-order valence-corrected chi connectivity index (χ2v) is 4.78. The number of hydrogen-bond acceptors (Lipinski definition) is 3. The number of nitro benzene ring substituents is 1. The van der Waals surface area contributed by atoms with Crippen LogP contribution in [0.15, 0.2) is 46.9 Å². The van der Waals surface area contributed by atoms with Crippen molar-refractivity contribution >= 4 is 27.3 Å². The Morgan fingerprint density at radius 2 is 2.00 bits per heavy atom. The third kappa shape index (κ3) is 3.29. The van der Waals surface area contributed by atoms with Crippen LogP contribution in [0.2, 0.25) is 0 Å². The van der Waals surface area contributed by atoms with Gasteiger partial charge in [-0.3, -0.25) is 10.1 Å². The molecule has 0 amide bonds. The smallest absolute Gasteiger partial charge is 0.274 e. The molecule has 0 spiro atoms. The first kappa shape index (κ1) is 13.5. The SMILES string of the molecule is O=[N+]([O-])c1ccccc1CNc1ccc(Br)cc1F. The summed E-state index contributed by atoms with van der Waals surface area (Å²) in [5.41, 5.74) is 0.837. The Labute approximate surface area is 117 Å². The first-order valence-electron chi connectivity index (χ1n) is 5.49. The molecular weight excluding hydrogens is 315 g/mol. The maximum absolute atomic E-state index is 13.6. The van der Waals surface area contributed by atoms with Crippen molar-refractivity contribution in [3.05, 3.63) is 68.4 Å². The van der Waals surface area contributed by atoms with Crippen molar-refractivity contribution < 1.29 is 9.31 Å². The van der Waals surface area contributed by atoms with E-state index in [-0.39, 0.29) is 12.2 Å². The van der Waals surface area contributed by atoms with Gasteiger partial charge >= 0.3 is 0 Å². The Hall–Kier alpha value is -1.95. The predicted octanol–water partition coefficient (Wildman–Crippen LogP) is 4.11. The summed E-state index contributed by atoms with van der Waals surface area (Å²) in [6.07, 6.45) is 0. The molecular formula is C13H10BrFN2O2. The van der Waals surface area contributed by atoms with Crippen LogP contribution in [0, 0.1) is 15.9 Å². The highest BCUT2D eigenvalue weighted by atomic mass is 79.9. The van der Waals surface area contributed by atoms with Gasteiger partial charge in [-0.05, 0) is 18.2 Å². The van der Waals surface area contributed by atoms with Crippen molar-refractivity contribution in [3.63, 3.8) is 0 Å². The molecule has 6 heteroatoms. The highest BCUT2D eigenvalue weighted by molar-refractivity contribution is 9.10. The molecule has 0 heterocycles. The first-order valence-corrected chi connectivity index (χ1v) is 6.28. The van der Waals surface area contributed by atoms with Crippen LogP contribution in [-0.2, 0) is 6.54 Å². The van der Waals surface area contributed by atoms with Crippen molar-refractivity contribution in [3.8, 4) is 0 Å². The Bertz CT molecular complexity index is 619. The molecule has 19 heavy (non-hydrogen) atoms. The second kappa shape index (κ2) is 5.79. The van der Waals surface area contributed by atoms with E-state index in [0.29, 0.717) is 15.7 Å². The number of rotatable bonds is 4. The number of anilines is 1. The zero-order chi connectivity index (χ0) is 13.8. The third-order valence-corrected chi connectivity index (χ3v) is 3.08. The quantitative estimate of drug-likeness (QED) is 0.680. The van der Waals surface area contributed by atoms with Crippen molar-refractivity contribution in [1.82, 2.24) is 0 Å². The highest BCUT2D eigenvalue weighted by Crippen LogP contribution is 2.22. The van der Waals surface area contributed by atoms with Gasteiger partial charge in [-0.15, -0.1) is 0 Å². The standard InChI is InChI=1S/C13H10BrFN2O2/c14-10-5-6-12(11(15)7-10)16-8-9-3-1-2-4-13(9)17(18)19/h1-7,16H,8H2. The van der Waals surface area contributed by atoms with Crippen LogP contribution in [0.4, 0.5) is 15.8 Å². The molecule has 0 saturated carbocycles. The highest BCUT2D eigenvalue weighted by Gasteiger charge is 2.12. The van der Waals surface area contributed by atoms with Gasteiger partial charge in [-0.25, -0.2) is 4.39 Å². The number of nitrogens with one attached hydrogen (secondary N) is 1. The van der Waals surface area contributed by atoms with Gasteiger partial charge in [-0.2, -0.15) is 0 Å². The van der Waals surface area contributed by atoms with Gasteiger partial charge in [0.25, 0.3) is 5.69 Å². The van der Waals surface area contributed by atoms with E-state index in [4.69, 9.17) is 0 Å². The largest absolute Gasteiger partial charge is 0.378 e. The number of nitrogens with zero attached hydrogens (tertiary/aromatic N) is 1. The topological polar surface area (TPSA) is 55.2 Å². The van der Waals surface area contributed by atoms with Crippen LogP contribution < -0.4 is 5.32 Å². The lowest BCUT2D eigenvalue weighted by Crippen LogP contribution is -2.04. The Morgan fingerprint density at radius 1 is 1.26 bits per heavy atom. The summed E-state index contributed by atoms with van der Waals surface area (Å²) in [5, 5.41) is 13.7. The summed E-state index contributed by atoms with van der Waals surface area (Å²) in [7, 11) is 0. The van der Waals surface area contributed by atoms with Crippen LogP contribution in [-0.4, -0.2) is 4.92 Å². The lowest BCUT2D eigenvalue weighted by atomic mass is 10.2. The lowest BCUT2D eigenvalue weighted by Gasteiger charge is -2.08. The number of para-hydroxylation sites is 1. The van der Waals surface area contributed by atoms with Crippen LogP contribution in [0.3, 0.4) is 0 Å². The summed E-state index contributed by atoms with van der Waals surface area (Å²) >= 11 is 3.17. The average Bonchev–Trinajstić information content (AvgIpc) is 2.38. The molecule has 0 bridgehead atoms. The lowest BCUT2D eigenvalue weighted by molar-refractivity contribution is -0.385. The molecule has 0 aliphatic carbocycles. The van der Waals surface area contributed by atoms with Gasteiger partial charge in [0.05, 0.1) is 10.6 Å². The molecule has 2 rings (SSSR count). The fourth-order valence-corrected chi connectivity index (χ4v) is 1.99. The van der Waals surface area contributed by atoms with Crippen molar-refractivity contribution in [1.29, 1.82) is 0 Å². The molecule has 98 valence electrons. The molecule has 0 aliphatic rings. The van der Waals surface area contributed by atoms with E-state index < -0.39 is 10.7 Å². The van der Waals surface area contributed by atoms with Gasteiger partial charge in [-0.1, -0.05) is 34.1 Å². The maximum atomic E-state index is 13.6. The van der Waals surface area contributed by atoms with Crippen LogP contribution in [0.1, 0.15) is 5.56 Å². The van der Waals surface area contributed by atoms with E-state index in [2.05, 4.69) is 21.2 Å². The fraction of sp³-hybridized carbons (Fsp3) is 0.0769. The number of nitro groups is 1. The molecule has 0 fully saturated rings. The molecule has 0 atom stereocenters. The molecule has 0 saturated heterocycles. The van der Waals surface area contributed by atoms with Crippen LogP contribution in [0.25, 0.3) is 0 Å². The minimum atomic E-state index is -0.449. The van der Waals surface area contributed by atoms with Crippen molar-refractivity contribution in [2.24, 2.45) is 0 Å². The minimum absolute atomic E-state index is 0.0209. The number of halogens is 2. The summed E-state index contributed by atoms with van der Waals surface area (Å²) in [6.45, 7) is 0.190. The Morgan fingerprint density at radius 3 is 2.68 bits per heavy atom. The van der Waals surface area contributed by atoms with Crippen molar-refractivity contribution in [2.45, 2.75) is 6.54 Å². The zero-order valence-electron chi connectivity index (χ0n) is 9.77. The second-order valence-electron chi connectivity index (χ2n) is 3.86. The first-order chi connectivity index (χ1) is 9.08. The molecule has 0 aromatic heterocycles. The molecule has 4 nitrogen and oxygen atoms in total. The van der Waals surface area contributed by atoms with Crippen LogP contribution >= 0.6 is 15.9 Å². The summed E-state index contributed by atoms with van der Waals surface area (Å²) < 4.78 is 14.2.